The highest BCUT2D eigenvalue weighted by atomic mass is 16.4. The van der Waals surface area contributed by atoms with Gasteiger partial charge in [0.05, 0.1) is 5.92 Å². The summed E-state index contributed by atoms with van der Waals surface area (Å²) < 4.78 is 0. The third-order valence-electron chi connectivity index (χ3n) is 5.08. The summed E-state index contributed by atoms with van der Waals surface area (Å²) in [5.74, 6) is -1.19. The number of carbonyl (C=O) groups excluding carboxylic acids is 1. The van der Waals surface area contributed by atoms with E-state index < -0.39 is 5.97 Å². The third kappa shape index (κ3) is 3.39. The summed E-state index contributed by atoms with van der Waals surface area (Å²) in [6.07, 6.45) is 1.79. The standard InChI is InChI=1S/C18H24N2O3/c1-19-10-15-4-3-12(7-16(15)11-19)9-20(2)17(21)13-5-6-14(8-13)18(22)23/h3-4,7,13-14H,5-6,8-11H2,1-2H3,(H,22,23). The van der Waals surface area contributed by atoms with Gasteiger partial charge in [-0.1, -0.05) is 18.2 Å². The molecular weight excluding hydrogens is 292 g/mol. The number of nitrogens with zero attached hydrogens (tertiary/aromatic N) is 2. The average molecular weight is 316 g/mol. The molecule has 0 bridgehead atoms. The summed E-state index contributed by atoms with van der Waals surface area (Å²) in [6.45, 7) is 2.54. The minimum atomic E-state index is -0.773. The van der Waals surface area contributed by atoms with Crippen molar-refractivity contribution in [2.75, 3.05) is 14.1 Å². The van der Waals surface area contributed by atoms with E-state index in [1.165, 1.54) is 11.1 Å². The summed E-state index contributed by atoms with van der Waals surface area (Å²) in [5.41, 5.74) is 3.85. The zero-order valence-corrected chi connectivity index (χ0v) is 13.8. The Bertz CT molecular complexity index is 629. The summed E-state index contributed by atoms with van der Waals surface area (Å²) >= 11 is 0. The van der Waals surface area contributed by atoms with Crippen LogP contribution in [0.25, 0.3) is 0 Å². The van der Waals surface area contributed by atoms with Crippen molar-refractivity contribution < 1.29 is 14.7 Å². The van der Waals surface area contributed by atoms with Crippen molar-refractivity contribution in [1.29, 1.82) is 0 Å². The SMILES string of the molecule is CN1Cc2ccc(CN(C)C(=O)C3CCC(C(=O)O)C3)cc2C1. The molecule has 2 atom stereocenters. The van der Waals surface area contributed by atoms with Gasteiger partial charge in [-0.15, -0.1) is 0 Å². The highest BCUT2D eigenvalue weighted by Gasteiger charge is 2.35. The molecule has 1 aromatic rings. The predicted octanol–water partition coefficient (Wildman–Crippen LogP) is 2.09. The number of carboxylic acids is 1. The molecule has 1 aromatic carbocycles. The van der Waals surface area contributed by atoms with Gasteiger partial charge in [0.25, 0.3) is 0 Å². The monoisotopic (exact) mass is 316 g/mol. The molecule has 1 aliphatic heterocycles. The van der Waals surface area contributed by atoms with E-state index in [0.29, 0.717) is 25.8 Å². The largest absolute Gasteiger partial charge is 0.481 e. The molecule has 0 radical (unpaired) electrons. The molecule has 5 nitrogen and oxygen atoms in total. The zero-order valence-electron chi connectivity index (χ0n) is 13.8. The topological polar surface area (TPSA) is 60.9 Å². The first-order valence-electron chi connectivity index (χ1n) is 8.21. The van der Waals surface area contributed by atoms with Crippen LogP contribution in [0.1, 0.15) is 36.0 Å². The Balaban J connectivity index is 1.61. The van der Waals surface area contributed by atoms with Gasteiger partial charge in [0.2, 0.25) is 5.91 Å². The Hall–Kier alpha value is -1.88. The lowest BCUT2D eigenvalue weighted by atomic mass is 10.0. The van der Waals surface area contributed by atoms with E-state index in [2.05, 4.69) is 30.1 Å². The van der Waals surface area contributed by atoms with Crippen LogP contribution in [0.5, 0.6) is 0 Å². The Morgan fingerprint density at radius 3 is 2.61 bits per heavy atom. The number of carbonyl (C=O) groups is 2. The Morgan fingerprint density at radius 1 is 1.22 bits per heavy atom. The van der Waals surface area contributed by atoms with Crippen LogP contribution in [0, 0.1) is 11.8 Å². The van der Waals surface area contributed by atoms with Crippen LogP contribution in [0.3, 0.4) is 0 Å². The second kappa shape index (κ2) is 6.32. The smallest absolute Gasteiger partial charge is 0.306 e. The lowest BCUT2D eigenvalue weighted by Gasteiger charge is -2.21. The predicted molar refractivity (Wildman–Crippen MR) is 86.6 cm³/mol. The van der Waals surface area contributed by atoms with Crippen molar-refractivity contribution in [3.63, 3.8) is 0 Å². The molecule has 1 amide bonds. The minimum absolute atomic E-state index is 0.0753. The second-order valence-electron chi connectivity index (χ2n) is 7.01. The van der Waals surface area contributed by atoms with Gasteiger partial charge in [0, 0.05) is 32.6 Å². The third-order valence-corrected chi connectivity index (χ3v) is 5.08. The number of hydrogen-bond acceptors (Lipinski definition) is 3. The number of fused-ring (bicyclic) bond motifs is 1. The van der Waals surface area contributed by atoms with Gasteiger partial charge in [-0.2, -0.15) is 0 Å². The first-order chi connectivity index (χ1) is 10.9. The van der Waals surface area contributed by atoms with Gasteiger partial charge in [-0.05, 0) is 43.0 Å². The molecule has 1 N–H and O–H groups in total. The average Bonchev–Trinajstić information content (AvgIpc) is 3.11. The van der Waals surface area contributed by atoms with Crippen LogP contribution in [0.4, 0.5) is 0 Å². The molecule has 0 saturated heterocycles. The van der Waals surface area contributed by atoms with E-state index in [1.54, 1.807) is 4.90 Å². The van der Waals surface area contributed by atoms with Gasteiger partial charge in [0.15, 0.2) is 0 Å². The zero-order chi connectivity index (χ0) is 16.6. The van der Waals surface area contributed by atoms with Gasteiger partial charge in [-0.3, -0.25) is 14.5 Å². The van der Waals surface area contributed by atoms with Gasteiger partial charge < -0.3 is 10.0 Å². The number of rotatable bonds is 4. The first-order valence-corrected chi connectivity index (χ1v) is 8.21. The molecule has 124 valence electrons. The van der Waals surface area contributed by atoms with Crippen molar-refractivity contribution >= 4 is 11.9 Å². The van der Waals surface area contributed by atoms with Crippen LogP contribution in [-0.2, 0) is 29.2 Å². The lowest BCUT2D eigenvalue weighted by molar-refractivity contribution is -0.141. The van der Waals surface area contributed by atoms with Gasteiger partial charge in [0.1, 0.15) is 0 Å². The summed E-state index contributed by atoms with van der Waals surface area (Å²) in [7, 11) is 3.92. The van der Waals surface area contributed by atoms with Crippen molar-refractivity contribution in [1.82, 2.24) is 9.80 Å². The van der Waals surface area contributed by atoms with Crippen LogP contribution in [0.15, 0.2) is 18.2 Å². The van der Waals surface area contributed by atoms with Crippen LogP contribution in [0.2, 0.25) is 0 Å². The quantitative estimate of drug-likeness (QED) is 0.924. The molecule has 5 heteroatoms. The highest BCUT2D eigenvalue weighted by molar-refractivity contribution is 5.80. The first kappa shape index (κ1) is 16.0. The van der Waals surface area contributed by atoms with E-state index in [0.717, 1.165) is 18.7 Å². The van der Waals surface area contributed by atoms with E-state index in [9.17, 15) is 9.59 Å². The summed E-state index contributed by atoms with van der Waals surface area (Å²) in [6, 6.07) is 6.44. The second-order valence-corrected chi connectivity index (χ2v) is 7.01. The lowest BCUT2D eigenvalue weighted by Crippen LogP contribution is -2.31. The van der Waals surface area contributed by atoms with Gasteiger partial charge in [-0.25, -0.2) is 0 Å². The number of carboxylic acid groups (broad SMARTS) is 1. The molecule has 2 unspecified atom stereocenters. The molecule has 1 heterocycles. The molecule has 3 rings (SSSR count). The van der Waals surface area contributed by atoms with Crippen LogP contribution >= 0.6 is 0 Å². The number of hydrogen-bond donors (Lipinski definition) is 1. The van der Waals surface area contributed by atoms with Crippen molar-refractivity contribution in [2.24, 2.45) is 11.8 Å². The fourth-order valence-corrected chi connectivity index (χ4v) is 3.81. The Labute approximate surface area is 136 Å². The van der Waals surface area contributed by atoms with Gasteiger partial charge >= 0.3 is 5.97 Å². The normalized spacial score (nSPS) is 23.7. The van der Waals surface area contributed by atoms with Crippen molar-refractivity contribution in [3.05, 3.63) is 34.9 Å². The number of benzene rings is 1. The van der Waals surface area contributed by atoms with E-state index in [1.807, 2.05) is 7.05 Å². The van der Waals surface area contributed by atoms with E-state index in [4.69, 9.17) is 5.11 Å². The molecule has 23 heavy (non-hydrogen) atoms. The van der Waals surface area contributed by atoms with E-state index in [-0.39, 0.29) is 17.7 Å². The van der Waals surface area contributed by atoms with Crippen LogP contribution < -0.4 is 0 Å². The molecular formula is C18H24N2O3. The van der Waals surface area contributed by atoms with Crippen molar-refractivity contribution in [2.45, 2.75) is 38.9 Å². The van der Waals surface area contributed by atoms with E-state index >= 15 is 0 Å². The maximum Gasteiger partial charge on any atom is 0.306 e. The summed E-state index contributed by atoms with van der Waals surface area (Å²) in [5, 5.41) is 9.07. The molecule has 0 aromatic heterocycles. The molecule has 0 spiro atoms. The number of amides is 1. The fraction of sp³-hybridized carbons (Fsp3) is 0.556. The molecule has 1 fully saturated rings. The molecule has 2 aliphatic rings. The maximum absolute atomic E-state index is 12.5. The fourth-order valence-electron chi connectivity index (χ4n) is 3.81. The van der Waals surface area contributed by atoms with Crippen molar-refractivity contribution in [3.8, 4) is 0 Å². The number of aliphatic carboxylic acids is 1. The van der Waals surface area contributed by atoms with Crippen LogP contribution in [-0.4, -0.2) is 40.9 Å². The Morgan fingerprint density at radius 2 is 1.91 bits per heavy atom. The summed E-state index contributed by atoms with van der Waals surface area (Å²) in [4.78, 5) is 27.6. The maximum atomic E-state index is 12.5. The minimum Gasteiger partial charge on any atom is -0.481 e. The molecule has 1 saturated carbocycles. The molecule has 1 aliphatic carbocycles. The highest BCUT2D eigenvalue weighted by Crippen LogP contribution is 2.32. The Kier molecular flexibility index (Phi) is 4.39.